The van der Waals surface area contributed by atoms with Crippen LogP contribution in [0.1, 0.15) is 0 Å². The molecule has 16 heteroatoms. The fourth-order valence-corrected chi connectivity index (χ4v) is 5.50. The van der Waals surface area contributed by atoms with Crippen LogP contribution in [0.25, 0.3) is 21.9 Å². The number of nitrogens with one attached hydrogen (secondary N) is 2. The van der Waals surface area contributed by atoms with Crippen molar-refractivity contribution >= 4 is 78.6 Å². The zero-order chi connectivity index (χ0) is 37.0. The highest BCUT2D eigenvalue weighted by Crippen LogP contribution is 2.35. The van der Waals surface area contributed by atoms with E-state index in [1.165, 1.54) is 36.4 Å². The van der Waals surface area contributed by atoms with E-state index in [9.17, 15) is 37.3 Å². The molecule has 0 unspecified atom stereocenters. The Labute approximate surface area is 294 Å². The molecular formula is C36H24N6O9S. The van der Waals surface area contributed by atoms with Crippen molar-refractivity contribution in [2.75, 3.05) is 10.9 Å². The van der Waals surface area contributed by atoms with Crippen LogP contribution < -0.4 is 10.9 Å². The van der Waals surface area contributed by atoms with Crippen molar-refractivity contribution in [2.45, 2.75) is 4.90 Å². The monoisotopic (exact) mass is 716 g/mol. The molecule has 5 N–H and O–H groups in total. The molecule has 0 radical (unpaired) electrons. The number of anilines is 2. The Hall–Kier alpha value is -7.17. The van der Waals surface area contributed by atoms with Gasteiger partial charge in [0, 0.05) is 10.8 Å². The number of hydrazone groups is 2. The molecule has 258 valence electrons. The first-order valence-electron chi connectivity index (χ1n) is 15.0. The number of hydrogen-bond donors (Lipinski definition) is 5. The molecule has 2 aliphatic rings. The maximum atomic E-state index is 11.9. The van der Waals surface area contributed by atoms with Crippen molar-refractivity contribution < 1.29 is 42.4 Å². The normalized spacial score (nSPS) is 16.0. The summed E-state index contributed by atoms with van der Waals surface area (Å²) in [6.45, 7) is 0. The van der Waals surface area contributed by atoms with Gasteiger partial charge in [0.2, 0.25) is 0 Å². The molecule has 0 fully saturated rings. The van der Waals surface area contributed by atoms with Crippen LogP contribution in [0.4, 0.5) is 22.7 Å². The molecule has 0 spiro atoms. The minimum Gasteiger partial charge on any atom is -0.478 e. The quantitative estimate of drug-likeness (QED) is 0.0419. The molecule has 2 aliphatic carbocycles. The van der Waals surface area contributed by atoms with Gasteiger partial charge in [-0.1, -0.05) is 30.3 Å². The number of rotatable bonds is 10. The number of ketones is 2. The predicted octanol–water partition coefficient (Wildman–Crippen LogP) is 6.00. The molecule has 0 saturated heterocycles. The number of nitrogens with zero attached hydrogens (tertiary/aromatic N) is 4. The number of carbonyl (C=O) groups excluding carboxylic acids is 2. The van der Waals surface area contributed by atoms with Crippen LogP contribution in [0.5, 0.6) is 0 Å². The number of carbonyl (C=O) groups is 4. The first kappa shape index (κ1) is 34.7. The second kappa shape index (κ2) is 14.4. The van der Waals surface area contributed by atoms with E-state index >= 15 is 0 Å². The molecular weight excluding hydrogens is 692 g/mol. The molecule has 15 nitrogen and oxygen atoms in total. The topological polar surface area (TPSA) is 237 Å². The molecule has 0 aromatic heterocycles. The average molecular weight is 717 g/mol. The highest BCUT2D eigenvalue weighted by atomic mass is 32.2. The number of aliphatic carboxylic acids is 2. The second-order valence-electron chi connectivity index (χ2n) is 11.1. The fraction of sp³-hybridized carbons (Fsp3) is 0. The van der Waals surface area contributed by atoms with Gasteiger partial charge in [-0.15, -0.1) is 5.11 Å². The van der Waals surface area contributed by atoms with Crippen LogP contribution >= 0.6 is 0 Å². The maximum absolute atomic E-state index is 11.9. The van der Waals surface area contributed by atoms with Gasteiger partial charge in [0.05, 0.1) is 39.1 Å². The van der Waals surface area contributed by atoms with Gasteiger partial charge < -0.3 is 10.2 Å². The Morgan fingerprint density at radius 2 is 1.17 bits per heavy atom. The van der Waals surface area contributed by atoms with Crippen LogP contribution in [-0.4, -0.2) is 58.1 Å². The van der Waals surface area contributed by atoms with Crippen molar-refractivity contribution in [3.8, 4) is 11.1 Å². The highest BCUT2D eigenvalue weighted by Gasteiger charge is 2.20. The standard InChI is InChI=1S/C36H24N6O9S/c43-33-15-9-24(17-29(33)35(45)46)39-37-22-5-1-20(2-6-22)21-3-7-23(8-4-21)38-41-31-13-14-32(28-19-26(52(49,50)51)11-12-27(28)31)42-40-25-10-16-34(44)30(18-25)36(47)48/h1-19,37,42H,(H,45,46)(H,47,48)(H,49,50,51)/b39-24-,40-25+,41-38?. The third-order valence-corrected chi connectivity index (χ3v) is 8.48. The van der Waals surface area contributed by atoms with E-state index in [2.05, 4.69) is 31.3 Å². The van der Waals surface area contributed by atoms with Crippen LogP contribution in [0, 0.1) is 0 Å². The number of allylic oxidation sites excluding steroid dienone is 6. The van der Waals surface area contributed by atoms with Gasteiger partial charge in [-0.05, 0) is 96.1 Å². The average Bonchev–Trinajstić information content (AvgIpc) is 3.13. The molecule has 52 heavy (non-hydrogen) atoms. The van der Waals surface area contributed by atoms with Crippen LogP contribution in [-0.2, 0) is 29.3 Å². The summed E-state index contributed by atoms with van der Waals surface area (Å²) in [7, 11) is -4.56. The number of hydrogen-bond acceptors (Lipinski definition) is 12. The van der Waals surface area contributed by atoms with E-state index < -0.39 is 39.2 Å². The first-order chi connectivity index (χ1) is 24.9. The Bertz CT molecular complexity index is 2510. The summed E-state index contributed by atoms with van der Waals surface area (Å²) in [6, 6.07) is 21.6. The molecule has 6 rings (SSSR count). The number of azo groups is 1. The van der Waals surface area contributed by atoms with Crippen molar-refractivity contribution in [1.82, 2.24) is 0 Å². The molecule has 0 bridgehead atoms. The Kier molecular flexibility index (Phi) is 9.58. The smallest absolute Gasteiger partial charge is 0.339 e. The number of fused-ring (bicyclic) bond motifs is 1. The predicted molar refractivity (Wildman–Crippen MR) is 192 cm³/mol. The summed E-state index contributed by atoms with van der Waals surface area (Å²) in [5.74, 6) is -4.01. The lowest BCUT2D eigenvalue weighted by Gasteiger charge is -2.11. The largest absolute Gasteiger partial charge is 0.478 e. The van der Waals surface area contributed by atoms with Crippen LogP contribution in [0.2, 0.25) is 0 Å². The van der Waals surface area contributed by atoms with Crippen molar-refractivity contribution in [1.29, 1.82) is 0 Å². The van der Waals surface area contributed by atoms with Crippen LogP contribution in [0.15, 0.2) is 152 Å². The van der Waals surface area contributed by atoms with Crippen molar-refractivity contribution in [3.63, 3.8) is 0 Å². The third-order valence-electron chi connectivity index (χ3n) is 7.63. The number of benzene rings is 4. The zero-order valence-electron chi connectivity index (χ0n) is 26.5. The minimum absolute atomic E-state index is 0.132. The van der Waals surface area contributed by atoms with Crippen LogP contribution in [0.3, 0.4) is 0 Å². The maximum Gasteiger partial charge on any atom is 0.339 e. The third kappa shape index (κ3) is 7.83. The molecule has 4 aromatic rings. The highest BCUT2D eigenvalue weighted by molar-refractivity contribution is 7.85. The second-order valence-corrected chi connectivity index (χ2v) is 12.5. The molecule has 0 aliphatic heterocycles. The SMILES string of the molecule is O=C(O)C1=C/C(=N\Nc2ccc(-c3ccc(N=Nc4ccc(N/N=C5\C=CC(=O)C(C(=O)O)=C5)c5cc(S(=O)(=O)O)ccc45)cc3)cc2)C=CC1=O. The molecule has 4 aromatic carbocycles. The van der Waals surface area contributed by atoms with Gasteiger partial charge in [0.15, 0.2) is 11.6 Å². The minimum atomic E-state index is -4.56. The van der Waals surface area contributed by atoms with E-state index in [0.29, 0.717) is 33.5 Å². The molecule has 0 atom stereocenters. The Morgan fingerprint density at radius 3 is 1.73 bits per heavy atom. The van der Waals surface area contributed by atoms with Gasteiger partial charge in [-0.3, -0.25) is 25.0 Å². The zero-order valence-corrected chi connectivity index (χ0v) is 27.3. The van der Waals surface area contributed by atoms with Gasteiger partial charge in [-0.2, -0.15) is 23.7 Å². The summed E-state index contributed by atoms with van der Waals surface area (Å²) in [4.78, 5) is 45.7. The van der Waals surface area contributed by atoms with E-state index in [0.717, 1.165) is 29.4 Å². The van der Waals surface area contributed by atoms with Crippen molar-refractivity contribution in [2.24, 2.45) is 20.4 Å². The van der Waals surface area contributed by atoms with E-state index in [1.54, 1.807) is 36.4 Å². The molecule has 0 saturated carbocycles. The lowest BCUT2D eigenvalue weighted by molar-refractivity contribution is -0.135. The van der Waals surface area contributed by atoms with Gasteiger partial charge in [-0.25, -0.2) is 9.59 Å². The Morgan fingerprint density at radius 1 is 0.615 bits per heavy atom. The summed E-state index contributed by atoms with van der Waals surface area (Å²) < 4.78 is 33.5. The molecule has 0 amide bonds. The van der Waals surface area contributed by atoms with Crippen molar-refractivity contribution in [3.05, 3.63) is 126 Å². The number of carboxylic acid groups (broad SMARTS) is 2. The number of carboxylic acids is 2. The molecule has 0 heterocycles. The van der Waals surface area contributed by atoms with Gasteiger partial charge in [0.25, 0.3) is 10.1 Å². The lowest BCUT2D eigenvalue weighted by Crippen LogP contribution is -2.16. The Balaban J connectivity index is 1.20. The summed E-state index contributed by atoms with van der Waals surface area (Å²) in [5.41, 5.74) is 8.75. The first-order valence-corrected chi connectivity index (χ1v) is 16.5. The fourth-order valence-electron chi connectivity index (χ4n) is 4.99. The lowest BCUT2D eigenvalue weighted by atomic mass is 10.0. The van der Waals surface area contributed by atoms with E-state index in [-0.39, 0.29) is 21.9 Å². The van der Waals surface area contributed by atoms with Gasteiger partial charge in [0.1, 0.15) is 11.1 Å². The van der Waals surface area contributed by atoms with E-state index in [1.807, 2.05) is 24.3 Å². The van der Waals surface area contributed by atoms with E-state index in [4.69, 9.17) is 5.11 Å². The summed E-state index contributed by atoms with van der Waals surface area (Å²) in [6.07, 6.45) is 7.25. The summed E-state index contributed by atoms with van der Waals surface area (Å²) >= 11 is 0. The summed E-state index contributed by atoms with van der Waals surface area (Å²) in [5, 5.41) is 36.1. The van der Waals surface area contributed by atoms with Gasteiger partial charge >= 0.3 is 11.9 Å².